The first-order chi connectivity index (χ1) is 6.95. The van der Waals surface area contributed by atoms with Crippen LogP contribution in [0, 0.1) is 0 Å². The molecule has 0 atom stereocenters. The van der Waals surface area contributed by atoms with Crippen molar-refractivity contribution in [2.75, 3.05) is 0 Å². The largest absolute Gasteiger partial charge is 0.117 e. The zero-order valence-corrected chi connectivity index (χ0v) is 8.03. The molecule has 2 aliphatic rings. The molecule has 0 unspecified atom stereocenters. The van der Waals surface area contributed by atoms with E-state index in [1.807, 2.05) is 24.3 Å². The molecule has 0 nitrogen and oxygen atoms in total. The molecule has 68 valence electrons. The lowest BCUT2D eigenvalue weighted by atomic mass is 10.1. The minimum atomic E-state index is 0.980. The molecule has 0 aromatic carbocycles. The predicted octanol–water partition coefficient (Wildman–Crippen LogP) is 3.63. The quantitative estimate of drug-likeness (QED) is 0.458. The van der Waals surface area contributed by atoms with E-state index in [9.17, 15) is 0 Å². The number of hydrogen-bond donors (Lipinski definition) is 0. The van der Waals surface area contributed by atoms with E-state index >= 15 is 0 Å². The van der Waals surface area contributed by atoms with E-state index in [2.05, 4.69) is 35.8 Å². The summed E-state index contributed by atoms with van der Waals surface area (Å²) < 4.78 is 0. The summed E-state index contributed by atoms with van der Waals surface area (Å²) >= 11 is 0. The highest BCUT2D eigenvalue weighted by atomic mass is 14.0. The number of allylic oxidation sites excluding steroid dienone is 8. The maximum absolute atomic E-state index is 3.17. The van der Waals surface area contributed by atoms with Gasteiger partial charge in [0.05, 0.1) is 0 Å². The minimum absolute atomic E-state index is 0.980. The fourth-order valence-corrected chi connectivity index (χ4v) is 1.41. The standard InChI is InChI=1S/C14H12/c1-2-8-13(7-1)11-5-6-12-14-9-3-4-10-14/h1-7,9H,11-12H2/b6-5+. The van der Waals surface area contributed by atoms with Crippen LogP contribution in [0.2, 0.25) is 0 Å². The van der Waals surface area contributed by atoms with Gasteiger partial charge in [-0.05, 0) is 36.1 Å². The first-order valence-electron chi connectivity index (χ1n) is 4.84. The number of hydrogen-bond acceptors (Lipinski definition) is 0. The maximum atomic E-state index is 3.17. The molecule has 14 heavy (non-hydrogen) atoms. The zero-order valence-electron chi connectivity index (χ0n) is 8.03. The van der Waals surface area contributed by atoms with Gasteiger partial charge in [0.25, 0.3) is 0 Å². The Morgan fingerprint density at radius 1 is 0.857 bits per heavy atom. The third-order valence-electron chi connectivity index (χ3n) is 2.17. The average molecular weight is 180 g/mol. The van der Waals surface area contributed by atoms with E-state index in [4.69, 9.17) is 0 Å². The zero-order chi connectivity index (χ0) is 9.64. The Morgan fingerprint density at radius 2 is 1.36 bits per heavy atom. The molecule has 2 aliphatic carbocycles. The first kappa shape index (κ1) is 8.84. The van der Waals surface area contributed by atoms with Gasteiger partial charge in [0.1, 0.15) is 0 Å². The van der Waals surface area contributed by atoms with Crippen LogP contribution in [0.25, 0.3) is 0 Å². The third-order valence-corrected chi connectivity index (χ3v) is 2.17. The lowest BCUT2D eigenvalue weighted by Gasteiger charge is -1.91. The second-order valence-electron chi connectivity index (χ2n) is 3.27. The van der Waals surface area contributed by atoms with Crippen LogP contribution in [0.15, 0.2) is 71.2 Å². The van der Waals surface area contributed by atoms with E-state index in [0.717, 1.165) is 12.8 Å². The van der Waals surface area contributed by atoms with Crippen molar-refractivity contribution in [3.63, 3.8) is 0 Å². The van der Waals surface area contributed by atoms with Crippen LogP contribution in [0.3, 0.4) is 0 Å². The Morgan fingerprint density at radius 3 is 1.71 bits per heavy atom. The Hall–Kier alpha value is -1.74. The number of rotatable bonds is 4. The van der Waals surface area contributed by atoms with Crippen LogP contribution in [0.4, 0.5) is 0 Å². The summed E-state index contributed by atoms with van der Waals surface area (Å²) in [4.78, 5) is 0. The van der Waals surface area contributed by atoms with Gasteiger partial charge >= 0.3 is 0 Å². The van der Waals surface area contributed by atoms with Crippen molar-refractivity contribution in [2.45, 2.75) is 12.8 Å². The van der Waals surface area contributed by atoms with Crippen molar-refractivity contribution in [3.05, 3.63) is 71.2 Å². The fraction of sp³-hybridized carbons (Fsp3) is 0.143. The van der Waals surface area contributed by atoms with E-state index in [1.165, 1.54) is 11.1 Å². The molecule has 0 heterocycles. The van der Waals surface area contributed by atoms with Gasteiger partial charge in [0, 0.05) is 0 Å². The van der Waals surface area contributed by atoms with E-state index in [-0.39, 0.29) is 0 Å². The molecule has 0 fully saturated rings. The van der Waals surface area contributed by atoms with Crippen LogP contribution in [0.1, 0.15) is 12.8 Å². The maximum Gasteiger partial charge on any atom is -0.00225 e. The van der Waals surface area contributed by atoms with E-state index in [0.29, 0.717) is 0 Å². The summed E-state index contributed by atoms with van der Waals surface area (Å²) in [6.45, 7) is 0. The Labute approximate surface area is 84.6 Å². The van der Waals surface area contributed by atoms with Crippen molar-refractivity contribution in [1.82, 2.24) is 0 Å². The second kappa shape index (κ2) is 4.48. The van der Waals surface area contributed by atoms with Gasteiger partial charge in [0.2, 0.25) is 0 Å². The van der Waals surface area contributed by atoms with E-state index in [1.54, 1.807) is 0 Å². The second-order valence-corrected chi connectivity index (χ2v) is 3.27. The van der Waals surface area contributed by atoms with Gasteiger partial charge in [-0.25, -0.2) is 0 Å². The summed E-state index contributed by atoms with van der Waals surface area (Å²) in [6.07, 6.45) is 18.5. The van der Waals surface area contributed by atoms with Crippen LogP contribution >= 0.6 is 0 Å². The fourth-order valence-electron chi connectivity index (χ4n) is 1.41. The predicted molar refractivity (Wildman–Crippen MR) is 59.8 cm³/mol. The van der Waals surface area contributed by atoms with E-state index < -0.39 is 0 Å². The molecular weight excluding hydrogens is 168 g/mol. The molecule has 0 heteroatoms. The lowest BCUT2D eigenvalue weighted by molar-refractivity contribution is 1.23. The Balaban J connectivity index is 1.78. The Bertz CT molecular complexity index is 385. The van der Waals surface area contributed by atoms with Crippen molar-refractivity contribution in [1.29, 1.82) is 0 Å². The summed E-state index contributed by atoms with van der Waals surface area (Å²) in [7, 11) is 0. The van der Waals surface area contributed by atoms with Crippen molar-refractivity contribution in [3.8, 4) is 0 Å². The van der Waals surface area contributed by atoms with Gasteiger partial charge in [-0.3, -0.25) is 0 Å². The van der Waals surface area contributed by atoms with Gasteiger partial charge in [0.15, 0.2) is 0 Å². The molecule has 0 bridgehead atoms. The smallest absolute Gasteiger partial charge is 0.00225 e. The molecule has 0 amide bonds. The van der Waals surface area contributed by atoms with Crippen LogP contribution in [-0.4, -0.2) is 0 Å². The minimum Gasteiger partial charge on any atom is -0.117 e. The molecule has 2 rings (SSSR count). The normalized spacial score (nSPS) is 17.1. The molecule has 0 aliphatic heterocycles. The molecule has 0 spiro atoms. The molecule has 0 aromatic rings. The van der Waals surface area contributed by atoms with Crippen LogP contribution in [-0.2, 0) is 0 Å². The van der Waals surface area contributed by atoms with Gasteiger partial charge in [-0.2, -0.15) is 0 Å². The highest BCUT2D eigenvalue weighted by Gasteiger charge is 1.92. The van der Waals surface area contributed by atoms with Crippen molar-refractivity contribution in [2.24, 2.45) is 0 Å². The Kier molecular flexibility index (Phi) is 2.83. The van der Waals surface area contributed by atoms with Crippen LogP contribution < -0.4 is 0 Å². The van der Waals surface area contributed by atoms with Gasteiger partial charge in [-0.15, -0.1) is 11.5 Å². The highest BCUT2D eigenvalue weighted by Crippen LogP contribution is 2.10. The third kappa shape index (κ3) is 2.37. The lowest BCUT2D eigenvalue weighted by Crippen LogP contribution is -1.72. The van der Waals surface area contributed by atoms with Crippen molar-refractivity contribution < 1.29 is 0 Å². The van der Waals surface area contributed by atoms with Gasteiger partial charge in [-0.1, -0.05) is 36.5 Å². The molecule has 0 saturated carbocycles. The molecular formula is C14H12. The van der Waals surface area contributed by atoms with Crippen LogP contribution in [0.5, 0.6) is 0 Å². The van der Waals surface area contributed by atoms with Crippen molar-refractivity contribution >= 4 is 0 Å². The first-order valence-corrected chi connectivity index (χ1v) is 4.84. The summed E-state index contributed by atoms with van der Waals surface area (Å²) in [5.74, 6) is 0. The summed E-state index contributed by atoms with van der Waals surface area (Å²) in [5, 5.41) is 0. The molecule has 0 aromatic heterocycles. The molecule has 0 N–H and O–H groups in total. The highest BCUT2D eigenvalue weighted by molar-refractivity contribution is 5.32. The average Bonchev–Trinajstić information content (AvgIpc) is 2.86. The molecule has 0 saturated heterocycles. The SMILES string of the molecule is C1=CC=CC=1C/C=C/CC1=C=CC=C1. The topological polar surface area (TPSA) is 0 Å². The van der Waals surface area contributed by atoms with Gasteiger partial charge < -0.3 is 0 Å². The summed E-state index contributed by atoms with van der Waals surface area (Å²) in [6, 6.07) is 0. The molecule has 0 radical (unpaired) electrons. The monoisotopic (exact) mass is 180 g/mol. The summed E-state index contributed by atoms with van der Waals surface area (Å²) in [5.41, 5.74) is 8.86.